The maximum atomic E-state index is 6.23. The summed E-state index contributed by atoms with van der Waals surface area (Å²) in [5, 5.41) is 0. The van der Waals surface area contributed by atoms with Crippen molar-refractivity contribution in [2.24, 2.45) is 22.0 Å². The molecule has 0 heterocycles. The van der Waals surface area contributed by atoms with Gasteiger partial charge in [-0.05, 0) is 29.1 Å². The summed E-state index contributed by atoms with van der Waals surface area (Å²) < 4.78 is 0. The minimum Gasteiger partial charge on any atom is -0.327 e. The number of nitrogens with two attached hydrogens (primary N) is 1. The smallest absolute Gasteiger partial charge is 0.0106 e. The van der Waals surface area contributed by atoms with E-state index in [2.05, 4.69) is 41.5 Å². The van der Waals surface area contributed by atoms with E-state index in [-0.39, 0.29) is 0 Å². The molecule has 13 heavy (non-hydrogen) atoms. The lowest BCUT2D eigenvalue weighted by Gasteiger charge is -2.63. The summed E-state index contributed by atoms with van der Waals surface area (Å²) in [5.74, 6) is 0. The molecule has 1 rings (SSSR count). The Hall–Kier alpha value is -0.0400. The molecule has 0 saturated heterocycles. The Morgan fingerprint density at radius 2 is 1.38 bits per heavy atom. The minimum atomic E-state index is 0.322. The van der Waals surface area contributed by atoms with E-state index in [0.717, 1.165) is 0 Å². The van der Waals surface area contributed by atoms with Gasteiger partial charge in [0.2, 0.25) is 0 Å². The highest BCUT2D eigenvalue weighted by Crippen LogP contribution is 2.62. The molecule has 0 radical (unpaired) electrons. The molecule has 1 heteroatoms. The number of hydrogen-bond acceptors (Lipinski definition) is 1. The molecule has 0 aromatic rings. The third kappa shape index (κ3) is 1.32. The molecule has 0 aromatic carbocycles. The van der Waals surface area contributed by atoms with Crippen molar-refractivity contribution in [1.82, 2.24) is 0 Å². The van der Waals surface area contributed by atoms with Gasteiger partial charge in [0.1, 0.15) is 0 Å². The van der Waals surface area contributed by atoms with Gasteiger partial charge in [0.25, 0.3) is 0 Å². The first-order valence-electron chi connectivity index (χ1n) is 5.38. The molecule has 1 nitrogen and oxygen atoms in total. The lowest BCUT2D eigenvalue weighted by atomic mass is 9.43. The minimum absolute atomic E-state index is 0.322. The number of rotatable bonds is 0. The molecule has 1 unspecified atom stereocenters. The lowest BCUT2D eigenvalue weighted by molar-refractivity contribution is -0.119. The molecular formula is C12H25N. The molecule has 2 N–H and O–H groups in total. The van der Waals surface area contributed by atoms with Crippen LogP contribution in [-0.4, -0.2) is 6.04 Å². The van der Waals surface area contributed by atoms with Gasteiger partial charge in [-0.3, -0.25) is 0 Å². The first kappa shape index (κ1) is 11.0. The monoisotopic (exact) mass is 183 g/mol. The van der Waals surface area contributed by atoms with Crippen LogP contribution in [0.3, 0.4) is 0 Å². The van der Waals surface area contributed by atoms with E-state index in [1.165, 1.54) is 12.8 Å². The standard InChI is InChI=1S/C12H25N/c1-10(2,3)12(11(4,5)6)8-7-9(12)13/h9H,7-8,13H2,1-6H3. The maximum absolute atomic E-state index is 6.23. The average molecular weight is 183 g/mol. The van der Waals surface area contributed by atoms with Crippen LogP contribution in [0.15, 0.2) is 0 Å². The van der Waals surface area contributed by atoms with E-state index in [4.69, 9.17) is 5.73 Å². The van der Waals surface area contributed by atoms with Crippen LogP contribution in [0.4, 0.5) is 0 Å². The zero-order chi connectivity index (χ0) is 10.5. The predicted molar refractivity (Wildman–Crippen MR) is 58.6 cm³/mol. The zero-order valence-electron chi connectivity index (χ0n) is 10.1. The van der Waals surface area contributed by atoms with Crippen LogP contribution in [-0.2, 0) is 0 Å². The fourth-order valence-electron chi connectivity index (χ4n) is 3.59. The fraction of sp³-hybridized carbons (Fsp3) is 1.00. The highest BCUT2D eigenvalue weighted by Gasteiger charge is 2.58. The second-order valence-electron chi connectivity index (χ2n) is 6.62. The largest absolute Gasteiger partial charge is 0.327 e. The van der Waals surface area contributed by atoms with Crippen molar-refractivity contribution in [2.75, 3.05) is 0 Å². The van der Waals surface area contributed by atoms with Gasteiger partial charge in [-0.25, -0.2) is 0 Å². The van der Waals surface area contributed by atoms with Gasteiger partial charge in [-0.2, -0.15) is 0 Å². The molecule has 1 aliphatic rings. The molecule has 78 valence electrons. The normalized spacial score (nSPS) is 28.4. The molecule has 0 spiro atoms. The summed E-state index contributed by atoms with van der Waals surface area (Å²) >= 11 is 0. The van der Waals surface area contributed by atoms with Crippen molar-refractivity contribution >= 4 is 0 Å². The SMILES string of the molecule is CC(C)(C)C1(C(C)(C)C)CCC1N. The van der Waals surface area contributed by atoms with Crippen molar-refractivity contribution in [2.45, 2.75) is 60.4 Å². The average Bonchev–Trinajstić information content (AvgIpc) is 1.77. The van der Waals surface area contributed by atoms with Gasteiger partial charge >= 0.3 is 0 Å². The third-order valence-corrected chi connectivity index (χ3v) is 4.16. The molecule has 1 saturated carbocycles. The highest BCUT2D eigenvalue weighted by atomic mass is 14.8. The van der Waals surface area contributed by atoms with E-state index in [1.807, 2.05) is 0 Å². The Balaban J connectivity index is 3.04. The van der Waals surface area contributed by atoms with Crippen molar-refractivity contribution in [3.05, 3.63) is 0 Å². The lowest BCUT2D eigenvalue weighted by Crippen LogP contribution is -2.64. The summed E-state index contributed by atoms with van der Waals surface area (Å²) in [5.41, 5.74) is 7.21. The van der Waals surface area contributed by atoms with Crippen molar-refractivity contribution < 1.29 is 0 Å². The molecule has 0 amide bonds. The maximum Gasteiger partial charge on any atom is 0.0106 e. The summed E-state index contributed by atoms with van der Waals surface area (Å²) in [6.07, 6.45) is 2.50. The van der Waals surface area contributed by atoms with Gasteiger partial charge in [-0.1, -0.05) is 41.5 Å². The Labute approximate surface area is 83.1 Å². The highest BCUT2D eigenvalue weighted by molar-refractivity contribution is 5.10. The number of hydrogen-bond donors (Lipinski definition) is 1. The second-order valence-corrected chi connectivity index (χ2v) is 6.62. The Morgan fingerprint density at radius 3 is 1.38 bits per heavy atom. The Bertz CT molecular complexity index is 178. The molecular weight excluding hydrogens is 158 g/mol. The van der Waals surface area contributed by atoms with Crippen LogP contribution < -0.4 is 5.73 Å². The van der Waals surface area contributed by atoms with E-state index in [9.17, 15) is 0 Å². The Morgan fingerprint density at radius 1 is 1.00 bits per heavy atom. The summed E-state index contributed by atoms with van der Waals surface area (Å²) in [7, 11) is 0. The topological polar surface area (TPSA) is 26.0 Å². The van der Waals surface area contributed by atoms with Crippen LogP contribution in [0.2, 0.25) is 0 Å². The molecule has 1 aliphatic carbocycles. The quantitative estimate of drug-likeness (QED) is 0.613. The van der Waals surface area contributed by atoms with Gasteiger partial charge in [0.05, 0.1) is 0 Å². The molecule has 0 bridgehead atoms. The summed E-state index contributed by atoms with van der Waals surface area (Å²) in [6.45, 7) is 14.0. The van der Waals surface area contributed by atoms with Crippen LogP contribution in [0.25, 0.3) is 0 Å². The zero-order valence-corrected chi connectivity index (χ0v) is 10.1. The third-order valence-electron chi connectivity index (χ3n) is 4.16. The van der Waals surface area contributed by atoms with E-state index < -0.39 is 0 Å². The fourth-order valence-corrected chi connectivity index (χ4v) is 3.59. The van der Waals surface area contributed by atoms with E-state index in [1.54, 1.807) is 0 Å². The molecule has 0 aromatic heterocycles. The predicted octanol–water partition coefficient (Wildman–Crippen LogP) is 3.19. The molecule has 1 atom stereocenters. The van der Waals surface area contributed by atoms with Crippen LogP contribution in [0.1, 0.15) is 54.4 Å². The van der Waals surface area contributed by atoms with E-state index in [0.29, 0.717) is 22.3 Å². The van der Waals surface area contributed by atoms with Crippen LogP contribution >= 0.6 is 0 Å². The molecule has 1 fully saturated rings. The van der Waals surface area contributed by atoms with Crippen molar-refractivity contribution in [1.29, 1.82) is 0 Å². The first-order valence-corrected chi connectivity index (χ1v) is 5.38. The van der Waals surface area contributed by atoms with Gasteiger partial charge in [0.15, 0.2) is 0 Å². The van der Waals surface area contributed by atoms with E-state index >= 15 is 0 Å². The summed E-state index contributed by atoms with van der Waals surface area (Å²) in [6, 6.07) is 0.396. The van der Waals surface area contributed by atoms with Gasteiger partial charge in [0, 0.05) is 6.04 Å². The van der Waals surface area contributed by atoms with Crippen molar-refractivity contribution in [3.63, 3.8) is 0 Å². The van der Waals surface area contributed by atoms with Crippen molar-refractivity contribution in [3.8, 4) is 0 Å². The summed E-state index contributed by atoms with van der Waals surface area (Å²) in [4.78, 5) is 0. The Kier molecular flexibility index (Phi) is 2.31. The van der Waals surface area contributed by atoms with Gasteiger partial charge in [-0.15, -0.1) is 0 Å². The first-order chi connectivity index (χ1) is 5.63. The van der Waals surface area contributed by atoms with Gasteiger partial charge < -0.3 is 5.73 Å². The molecule has 0 aliphatic heterocycles. The van der Waals surface area contributed by atoms with Crippen LogP contribution in [0, 0.1) is 16.2 Å². The van der Waals surface area contributed by atoms with Crippen LogP contribution in [0.5, 0.6) is 0 Å². The second kappa shape index (κ2) is 2.73.